The van der Waals surface area contributed by atoms with E-state index in [0.717, 1.165) is 0 Å². The Labute approximate surface area is 57.9 Å². The topological polar surface area (TPSA) is 37.3 Å². The van der Waals surface area contributed by atoms with E-state index in [1.807, 2.05) is 6.92 Å². The summed E-state index contributed by atoms with van der Waals surface area (Å²) < 4.78 is 18.8. The summed E-state index contributed by atoms with van der Waals surface area (Å²) in [6.45, 7) is 3.50. The van der Waals surface area contributed by atoms with E-state index in [1.54, 1.807) is 6.92 Å². The molecule has 0 saturated heterocycles. The zero-order valence-corrected chi connectivity index (χ0v) is 6.36. The van der Waals surface area contributed by atoms with Crippen LogP contribution < -0.4 is 0 Å². The molecule has 0 rings (SSSR count). The molecule has 0 aromatic heterocycles. The summed E-state index contributed by atoms with van der Waals surface area (Å²) in [5.41, 5.74) is 0. The Kier molecular flexibility index (Phi) is 4.37. The van der Waals surface area contributed by atoms with Crippen molar-refractivity contribution in [3.63, 3.8) is 0 Å². The van der Waals surface area contributed by atoms with Crippen LogP contribution >= 0.6 is 0 Å². The van der Waals surface area contributed by atoms with Gasteiger partial charge in [0.1, 0.15) is 5.25 Å². The van der Waals surface area contributed by atoms with Crippen LogP contribution in [0.3, 0.4) is 0 Å². The van der Waals surface area contributed by atoms with Gasteiger partial charge >= 0.3 is 0 Å². The third-order valence-corrected chi connectivity index (χ3v) is 1.86. The van der Waals surface area contributed by atoms with Gasteiger partial charge in [0.25, 0.3) is 0 Å². The molecule has 0 heterocycles. The average molecular weight is 146 g/mol. The molecule has 2 unspecified atom stereocenters. The molecule has 1 N–H and O–H groups in total. The smallest absolute Gasteiger partial charge is 0.168 e. The summed E-state index contributed by atoms with van der Waals surface area (Å²) in [6, 6.07) is 0. The molecule has 2 atom stereocenters. The minimum atomic E-state index is -1.78. The summed E-state index contributed by atoms with van der Waals surface area (Å²) >= 11 is -1.78. The van der Waals surface area contributed by atoms with Gasteiger partial charge in [-0.1, -0.05) is 12.8 Å². The predicted octanol–water partition coefficient (Wildman–Crippen LogP) is 1.01. The van der Waals surface area contributed by atoms with Gasteiger partial charge < -0.3 is 4.55 Å². The lowest BCUT2D eigenvalue weighted by molar-refractivity contribution is 0.556. The Balaban J connectivity index is 3.94. The lowest BCUT2D eigenvalue weighted by Crippen LogP contribution is -2.09. The molecular weight excluding hydrogens is 136 g/mol. The van der Waals surface area contributed by atoms with E-state index < -0.39 is 11.1 Å². The van der Waals surface area contributed by atoms with Crippen LogP contribution in [0.5, 0.6) is 0 Å². The molecule has 0 spiro atoms. The highest BCUT2D eigenvalue weighted by atomic mass is 32.2. The van der Waals surface area contributed by atoms with E-state index in [0.29, 0.717) is 6.42 Å². The van der Waals surface area contributed by atoms with Crippen molar-refractivity contribution >= 4 is 11.1 Å². The van der Waals surface area contributed by atoms with Crippen molar-refractivity contribution < 1.29 is 8.76 Å². The minimum Gasteiger partial charge on any atom is -0.305 e. The van der Waals surface area contributed by atoms with Crippen molar-refractivity contribution in [2.24, 2.45) is 0 Å². The molecule has 0 aromatic rings. The first-order valence-corrected chi connectivity index (χ1v) is 3.91. The van der Waals surface area contributed by atoms with E-state index >= 15 is 0 Å². The summed E-state index contributed by atoms with van der Waals surface area (Å²) in [4.78, 5) is 0. The maximum atomic E-state index is 10.3. The molecule has 2 nitrogen and oxygen atoms in total. The number of rotatable bonds is 2. The third-order valence-electron chi connectivity index (χ3n) is 0.920. The van der Waals surface area contributed by atoms with E-state index in [2.05, 4.69) is 11.8 Å². The minimum absolute atomic E-state index is 0.366. The largest absolute Gasteiger partial charge is 0.305 e. The van der Waals surface area contributed by atoms with Crippen LogP contribution in [0.15, 0.2) is 0 Å². The zero-order valence-electron chi connectivity index (χ0n) is 5.55. The number of hydrogen-bond donors (Lipinski definition) is 1. The zero-order chi connectivity index (χ0) is 7.28. The average Bonchev–Trinajstić information content (AvgIpc) is 1.82. The first-order valence-electron chi connectivity index (χ1n) is 2.74. The molecule has 0 radical (unpaired) electrons. The molecule has 0 aliphatic heterocycles. The highest BCUT2D eigenvalue weighted by Crippen LogP contribution is 1.96. The predicted molar refractivity (Wildman–Crippen MR) is 38.3 cm³/mol. The van der Waals surface area contributed by atoms with Crippen LogP contribution in [-0.4, -0.2) is 14.0 Å². The van der Waals surface area contributed by atoms with Crippen LogP contribution in [0.2, 0.25) is 0 Å². The molecular formula is C6H10O2S. The van der Waals surface area contributed by atoms with Gasteiger partial charge in [-0.2, -0.15) is 0 Å². The summed E-state index contributed by atoms with van der Waals surface area (Å²) in [6.07, 6.45) is 0.629. The highest BCUT2D eigenvalue weighted by molar-refractivity contribution is 7.80. The van der Waals surface area contributed by atoms with E-state index in [1.165, 1.54) is 0 Å². The standard InChI is InChI=1S/C6H10O2S/c1-3-5-6(4-2)9(7)8/h6H,4H2,1-2H3,(H,7,8). The molecule has 0 saturated carbocycles. The molecule has 0 aliphatic carbocycles. The van der Waals surface area contributed by atoms with Crippen molar-refractivity contribution in [3.05, 3.63) is 0 Å². The Morgan fingerprint density at radius 3 is 2.44 bits per heavy atom. The van der Waals surface area contributed by atoms with E-state index in [9.17, 15) is 4.21 Å². The summed E-state index contributed by atoms with van der Waals surface area (Å²) in [5.74, 6) is 5.23. The Hall–Kier alpha value is -0.330. The molecule has 0 bridgehead atoms. The van der Waals surface area contributed by atoms with Gasteiger partial charge in [0, 0.05) is 0 Å². The number of hydrogen-bond acceptors (Lipinski definition) is 1. The molecule has 0 aromatic carbocycles. The fourth-order valence-electron chi connectivity index (χ4n) is 0.456. The Morgan fingerprint density at radius 2 is 2.33 bits per heavy atom. The second kappa shape index (κ2) is 4.54. The van der Waals surface area contributed by atoms with Crippen LogP contribution in [0.4, 0.5) is 0 Å². The lowest BCUT2D eigenvalue weighted by Gasteiger charge is -1.98. The van der Waals surface area contributed by atoms with Crippen molar-refractivity contribution in [1.82, 2.24) is 0 Å². The molecule has 3 heteroatoms. The van der Waals surface area contributed by atoms with Gasteiger partial charge in [-0.25, -0.2) is 4.21 Å². The van der Waals surface area contributed by atoms with Gasteiger partial charge in [0.05, 0.1) is 0 Å². The fraction of sp³-hybridized carbons (Fsp3) is 0.667. The molecule has 0 amide bonds. The second-order valence-electron chi connectivity index (χ2n) is 1.57. The third kappa shape index (κ3) is 3.28. The summed E-state index contributed by atoms with van der Waals surface area (Å²) in [5, 5.41) is -0.366. The summed E-state index contributed by atoms with van der Waals surface area (Å²) in [7, 11) is 0. The van der Waals surface area contributed by atoms with Crippen molar-refractivity contribution in [3.8, 4) is 11.8 Å². The normalized spacial score (nSPS) is 15.4. The SMILES string of the molecule is CC#CC(CC)S(=O)O. The van der Waals surface area contributed by atoms with Crippen LogP contribution in [0.1, 0.15) is 20.3 Å². The van der Waals surface area contributed by atoms with Crippen molar-refractivity contribution in [2.45, 2.75) is 25.5 Å². The quantitative estimate of drug-likeness (QED) is 0.466. The van der Waals surface area contributed by atoms with Crippen LogP contribution in [0, 0.1) is 11.8 Å². The molecule has 9 heavy (non-hydrogen) atoms. The van der Waals surface area contributed by atoms with Gasteiger partial charge in [0.2, 0.25) is 0 Å². The first kappa shape index (κ1) is 8.67. The molecule has 0 fully saturated rings. The second-order valence-corrected chi connectivity index (χ2v) is 2.69. The van der Waals surface area contributed by atoms with Gasteiger partial charge in [-0.05, 0) is 13.3 Å². The monoisotopic (exact) mass is 146 g/mol. The fourth-order valence-corrected chi connectivity index (χ4v) is 0.960. The Bertz CT molecular complexity index is 154. The van der Waals surface area contributed by atoms with Gasteiger partial charge in [-0.15, -0.1) is 5.92 Å². The van der Waals surface area contributed by atoms with E-state index in [-0.39, 0.29) is 5.25 Å². The van der Waals surface area contributed by atoms with Crippen LogP contribution in [-0.2, 0) is 11.1 Å². The molecule has 52 valence electrons. The maximum Gasteiger partial charge on any atom is 0.168 e. The van der Waals surface area contributed by atoms with Crippen molar-refractivity contribution in [2.75, 3.05) is 0 Å². The van der Waals surface area contributed by atoms with E-state index in [4.69, 9.17) is 4.55 Å². The lowest BCUT2D eigenvalue weighted by atomic mass is 10.3. The highest BCUT2D eigenvalue weighted by Gasteiger charge is 2.06. The first-order chi connectivity index (χ1) is 4.22. The maximum absolute atomic E-state index is 10.3. The van der Waals surface area contributed by atoms with Gasteiger partial charge in [-0.3, -0.25) is 0 Å². The van der Waals surface area contributed by atoms with Crippen LogP contribution in [0.25, 0.3) is 0 Å². The Morgan fingerprint density at radius 1 is 1.78 bits per heavy atom. The molecule has 0 aliphatic rings. The van der Waals surface area contributed by atoms with Gasteiger partial charge in [0.15, 0.2) is 11.1 Å². The van der Waals surface area contributed by atoms with Crippen molar-refractivity contribution in [1.29, 1.82) is 0 Å².